The Kier molecular flexibility index (Phi) is 60.3. The fraction of sp³-hybridized carbons (Fsp3) is 0.754. The summed E-state index contributed by atoms with van der Waals surface area (Å²) in [6.07, 6.45) is 83.4. The van der Waals surface area contributed by atoms with Crippen molar-refractivity contribution in [2.24, 2.45) is 0 Å². The third kappa shape index (κ3) is 61.3. The van der Waals surface area contributed by atoms with Crippen LogP contribution in [0.25, 0.3) is 0 Å². The molecule has 1 unspecified atom stereocenters. The van der Waals surface area contributed by atoms with Crippen molar-refractivity contribution in [3.8, 4) is 0 Å². The van der Waals surface area contributed by atoms with Crippen LogP contribution < -0.4 is 0 Å². The van der Waals surface area contributed by atoms with E-state index >= 15 is 0 Å². The van der Waals surface area contributed by atoms with E-state index in [0.29, 0.717) is 12.8 Å². The zero-order valence-electron chi connectivity index (χ0n) is 49.6. The maximum Gasteiger partial charge on any atom is 0.310 e. The molecule has 0 N–H and O–H groups in total. The fourth-order valence-electron chi connectivity index (χ4n) is 9.14. The lowest BCUT2D eigenvalue weighted by Crippen LogP contribution is -2.30. The van der Waals surface area contributed by atoms with Crippen molar-refractivity contribution in [2.45, 2.75) is 322 Å². The topological polar surface area (TPSA) is 78.9 Å². The van der Waals surface area contributed by atoms with Crippen molar-refractivity contribution < 1.29 is 28.6 Å². The van der Waals surface area contributed by atoms with E-state index in [9.17, 15) is 14.4 Å². The number of carbonyl (C=O) groups excluding carboxylic acids is 3. The summed E-state index contributed by atoms with van der Waals surface area (Å²) in [5.74, 6) is -1.03. The quantitative estimate of drug-likeness (QED) is 0.0261. The van der Waals surface area contributed by atoms with E-state index in [1.54, 1.807) is 6.08 Å². The van der Waals surface area contributed by atoms with Crippen LogP contribution in [0, 0.1) is 0 Å². The van der Waals surface area contributed by atoms with Gasteiger partial charge in [-0.05, 0) is 77.0 Å². The van der Waals surface area contributed by atoms with Gasteiger partial charge in [0.1, 0.15) is 13.2 Å². The molecule has 432 valence electrons. The smallest absolute Gasteiger partial charge is 0.310 e. The molecule has 0 bridgehead atoms. The van der Waals surface area contributed by atoms with Crippen molar-refractivity contribution in [1.82, 2.24) is 0 Å². The molecule has 0 saturated carbocycles. The molecule has 0 aromatic carbocycles. The predicted octanol–water partition coefficient (Wildman–Crippen LogP) is 21.9. The zero-order valence-corrected chi connectivity index (χ0v) is 49.6. The first-order chi connectivity index (χ1) is 37.0. The first-order valence-corrected chi connectivity index (χ1v) is 32.1. The van der Waals surface area contributed by atoms with Crippen LogP contribution in [-0.2, 0) is 28.6 Å². The molecule has 0 saturated heterocycles. The molecule has 6 heteroatoms. The normalized spacial score (nSPS) is 12.6. The first-order valence-electron chi connectivity index (χ1n) is 32.1. The molecule has 0 aliphatic rings. The second kappa shape index (κ2) is 63.1. The standard InChI is InChI=1S/C69H120O6/c1-4-7-10-13-16-19-22-25-28-29-30-31-32-33-34-35-36-37-38-39-42-44-47-50-53-56-59-62-68(71)74-65-66(75-69(72)63-60-57-54-51-48-45-41-27-24-21-18-15-12-9-6-3)64-73-67(70)61-58-55-52-49-46-43-40-26-23-20-17-14-11-8-5-2/h9,12,18,21-22,25,27,29-30,41,48,51,57,60,66H,4-8,10-11,13-17,19-20,23-24,26,28,31-40,42-47,49-50,52-56,58-59,61-65H2,1-3H3/b12-9-,21-18-,25-22-,30-29-,41-27-,51-48-,60-57-. The van der Waals surface area contributed by atoms with Crippen molar-refractivity contribution >= 4 is 17.9 Å². The van der Waals surface area contributed by atoms with E-state index in [0.717, 1.165) is 77.0 Å². The molecule has 1 atom stereocenters. The summed E-state index contributed by atoms with van der Waals surface area (Å²) in [4.78, 5) is 38.2. The maximum absolute atomic E-state index is 12.8. The molecule has 6 nitrogen and oxygen atoms in total. The Bertz CT molecular complexity index is 1430. The molecule has 75 heavy (non-hydrogen) atoms. The van der Waals surface area contributed by atoms with Crippen LogP contribution in [-0.4, -0.2) is 37.2 Å². The van der Waals surface area contributed by atoms with Gasteiger partial charge in [-0.3, -0.25) is 14.4 Å². The average Bonchev–Trinajstić information content (AvgIpc) is 3.41. The van der Waals surface area contributed by atoms with E-state index in [2.05, 4.69) is 93.7 Å². The Hall–Kier alpha value is -3.41. The predicted molar refractivity (Wildman–Crippen MR) is 325 cm³/mol. The van der Waals surface area contributed by atoms with Crippen LogP contribution in [0.1, 0.15) is 316 Å². The monoisotopic (exact) mass is 1040 g/mol. The first kappa shape index (κ1) is 71.6. The number of hydrogen-bond donors (Lipinski definition) is 0. The highest BCUT2D eigenvalue weighted by Gasteiger charge is 2.19. The molecular formula is C69H120O6. The van der Waals surface area contributed by atoms with E-state index in [1.807, 2.05) is 6.08 Å². The zero-order chi connectivity index (χ0) is 54.3. The summed E-state index contributed by atoms with van der Waals surface area (Å²) >= 11 is 0. The highest BCUT2D eigenvalue weighted by molar-refractivity contribution is 5.72. The van der Waals surface area contributed by atoms with Crippen LogP contribution in [0.15, 0.2) is 85.1 Å². The second-order valence-corrected chi connectivity index (χ2v) is 21.3. The SMILES string of the molecule is CC/C=C\C/C=C\C/C=C\C/C=C\C/C=C\CC(=O)OC(COC(=O)CCCCCCCCCCCCCCCCC)COC(=O)CCCCCCCCCCCCCCCCC/C=C\C/C=C\CCCCCCC. The number of allylic oxidation sites excluding steroid dienone is 13. The van der Waals surface area contributed by atoms with Gasteiger partial charge in [0.25, 0.3) is 0 Å². The molecule has 0 radical (unpaired) electrons. The Balaban J connectivity index is 4.31. The van der Waals surface area contributed by atoms with Crippen LogP contribution in [0.2, 0.25) is 0 Å². The van der Waals surface area contributed by atoms with Gasteiger partial charge in [0.2, 0.25) is 0 Å². The van der Waals surface area contributed by atoms with Gasteiger partial charge in [0.05, 0.1) is 6.42 Å². The van der Waals surface area contributed by atoms with Crippen LogP contribution >= 0.6 is 0 Å². The molecule has 0 aromatic heterocycles. The Morgan fingerprint density at radius 2 is 0.560 bits per heavy atom. The Morgan fingerprint density at radius 3 is 0.880 bits per heavy atom. The van der Waals surface area contributed by atoms with Gasteiger partial charge in [-0.1, -0.05) is 305 Å². The molecule has 0 aromatic rings. The molecule has 0 rings (SSSR count). The number of rotatable bonds is 58. The minimum atomic E-state index is -0.829. The van der Waals surface area contributed by atoms with Crippen molar-refractivity contribution in [1.29, 1.82) is 0 Å². The number of unbranched alkanes of at least 4 members (excludes halogenated alkanes) is 34. The molecule has 0 aliphatic carbocycles. The second-order valence-electron chi connectivity index (χ2n) is 21.3. The molecule has 0 aliphatic heterocycles. The Labute approximate surface area is 465 Å². The third-order valence-electron chi connectivity index (χ3n) is 13.9. The minimum Gasteiger partial charge on any atom is -0.462 e. The molecule has 0 amide bonds. The number of ether oxygens (including phenoxy) is 3. The summed E-state index contributed by atoms with van der Waals surface area (Å²) in [7, 11) is 0. The van der Waals surface area contributed by atoms with Gasteiger partial charge in [-0.15, -0.1) is 0 Å². The average molecular weight is 1050 g/mol. The van der Waals surface area contributed by atoms with E-state index < -0.39 is 12.1 Å². The minimum absolute atomic E-state index is 0.0991. The maximum atomic E-state index is 12.8. The van der Waals surface area contributed by atoms with Gasteiger partial charge in [0, 0.05) is 12.8 Å². The van der Waals surface area contributed by atoms with E-state index in [4.69, 9.17) is 14.2 Å². The summed E-state index contributed by atoms with van der Waals surface area (Å²) in [5.41, 5.74) is 0. The largest absolute Gasteiger partial charge is 0.462 e. The summed E-state index contributed by atoms with van der Waals surface area (Å²) in [5, 5.41) is 0. The van der Waals surface area contributed by atoms with Crippen LogP contribution in [0.5, 0.6) is 0 Å². The number of hydrogen-bond acceptors (Lipinski definition) is 6. The van der Waals surface area contributed by atoms with E-state index in [1.165, 1.54) is 199 Å². The number of carbonyl (C=O) groups is 3. The van der Waals surface area contributed by atoms with Gasteiger partial charge in [-0.25, -0.2) is 0 Å². The number of esters is 3. The fourth-order valence-corrected chi connectivity index (χ4v) is 9.14. The van der Waals surface area contributed by atoms with Crippen molar-refractivity contribution in [3.63, 3.8) is 0 Å². The Morgan fingerprint density at radius 1 is 0.293 bits per heavy atom. The van der Waals surface area contributed by atoms with Gasteiger partial charge in [-0.2, -0.15) is 0 Å². The van der Waals surface area contributed by atoms with Gasteiger partial charge in [0.15, 0.2) is 6.10 Å². The summed E-state index contributed by atoms with van der Waals surface area (Å²) in [6, 6.07) is 0. The van der Waals surface area contributed by atoms with Gasteiger partial charge >= 0.3 is 17.9 Å². The highest BCUT2D eigenvalue weighted by atomic mass is 16.6. The molecule has 0 fully saturated rings. The van der Waals surface area contributed by atoms with Crippen LogP contribution in [0.3, 0.4) is 0 Å². The van der Waals surface area contributed by atoms with Gasteiger partial charge < -0.3 is 14.2 Å². The lowest BCUT2D eigenvalue weighted by Gasteiger charge is -2.18. The summed E-state index contributed by atoms with van der Waals surface area (Å²) < 4.78 is 16.8. The highest BCUT2D eigenvalue weighted by Crippen LogP contribution is 2.17. The third-order valence-corrected chi connectivity index (χ3v) is 13.9. The van der Waals surface area contributed by atoms with Crippen LogP contribution in [0.4, 0.5) is 0 Å². The van der Waals surface area contributed by atoms with E-state index in [-0.39, 0.29) is 31.6 Å². The molecule has 0 heterocycles. The summed E-state index contributed by atoms with van der Waals surface area (Å²) in [6.45, 7) is 6.47. The molecular weight excluding hydrogens is 925 g/mol. The van der Waals surface area contributed by atoms with Crippen molar-refractivity contribution in [3.05, 3.63) is 85.1 Å². The van der Waals surface area contributed by atoms with Crippen molar-refractivity contribution in [2.75, 3.05) is 13.2 Å². The molecule has 0 spiro atoms. The lowest BCUT2D eigenvalue weighted by atomic mass is 10.0. The lowest BCUT2D eigenvalue weighted by molar-refractivity contribution is -0.166.